The number of cyclic esters (lactones) is 1. The number of rotatable bonds is 4. The standard InChI is InChI=1S/C23H24F3N3O6/c24-23(25,26)14-6-2-4-7-15(14)27-16-8-3-1-5-12-9-13(30)10-18(29(12)21(16)33)20(32)28-17-11-19(31)35-22(17)34/h1-4,6-7,12,16-18,22,27,34H,5,8-11H2,(H,28,32)/t12-,16-,17?,18-,22?/m0/s1. The van der Waals surface area contributed by atoms with Gasteiger partial charge in [-0.15, -0.1) is 0 Å². The lowest BCUT2D eigenvalue weighted by Gasteiger charge is -2.43. The highest BCUT2D eigenvalue weighted by Gasteiger charge is 2.45. The first-order valence-corrected chi connectivity index (χ1v) is 11.1. The second-order valence-electron chi connectivity index (χ2n) is 8.74. The number of carbonyl (C=O) groups excluding carboxylic acids is 4. The monoisotopic (exact) mass is 495 g/mol. The first kappa shape index (κ1) is 24.7. The van der Waals surface area contributed by atoms with Crippen molar-refractivity contribution in [1.82, 2.24) is 10.2 Å². The Bertz CT molecular complexity index is 1060. The van der Waals surface area contributed by atoms with Crippen LogP contribution in [0.3, 0.4) is 0 Å². The summed E-state index contributed by atoms with van der Waals surface area (Å²) in [4.78, 5) is 51.7. The molecular weight excluding hydrogens is 471 g/mol. The lowest BCUT2D eigenvalue weighted by molar-refractivity contribution is -0.156. The van der Waals surface area contributed by atoms with E-state index in [0.717, 1.165) is 6.07 Å². The van der Waals surface area contributed by atoms with Crippen molar-refractivity contribution in [2.24, 2.45) is 0 Å². The van der Waals surface area contributed by atoms with E-state index in [0.29, 0.717) is 6.42 Å². The van der Waals surface area contributed by atoms with Gasteiger partial charge < -0.3 is 25.4 Å². The van der Waals surface area contributed by atoms with Crippen LogP contribution in [0.15, 0.2) is 36.4 Å². The van der Waals surface area contributed by atoms with Gasteiger partial charge in [0.05, 0.1) is 12.0 Å². The fraction of sp³-hybridized carbons (Fsp3) is 0.478. The number of ether oxygens (including phenoxy) is 1. The SMILES string of the molecule is O=C1C[C@@H]2CC=CC[C@H](Nc3ccccc3C(F)(F)F)C(=O)N2[C@H](C(=O)NC2CC(=O)OC2O)C1. The van der Waals surface area contributed by atoms with Gasteiger partial charge in [-0.2, -0.15) is 13.2 Å². The summed E-state index contributed by atoms with van der Waals surface area (Å²) in [6, 6.07) is 0.710. The number of ketones is 1. The van der Waals surface area contributed by atoms with Gasteiger partial charge >= 0.3 is 12.1 Å². The minimum absolute atomic E-state index is 0.000626. The molecular formula is C23H24F3N3O6. The van der Waals surface area contributed by atoms with Crippen LogP contribution in [-0.2, 0) is 30.1 Å². The van der Waals surface area contributed by atoms with E-state index in [-0.39, 0.29) is 37.2 Å². The van der Waals surface area contributed by atoms with Crippen LogP contribution in [0.25, 0.3) is 0 Å². The molecule has 0 spiro atoms. The Morgan fingerprint density at radius 2 is 1.77 bits per heavy atom. The van der Waals surface area contributed by atoms with Crippen LogP contribution >= 0.6 is 0 Å². The number of benzene rings is 1. The molecule has 0 radical (unpaired) electrons. The Morgan fingerprint density at radius 3 is 2.46 bits per heavy atom. The summed E-state index contributed by atoms with van der Waals surface area (Å²) < 4.78 is 45.1. The molecule has 0 saturated carbocycles. The molecule has 1 aromatic rings. The maximum Gasteiger partial charge on any atom is 0.418 e. The molecule has 4 rings (SSSR count). The van der Waals surface area contributed by atoms with Crippen LogP contribution in [-0.4, -0.2) is 64.0 Å². The van der Waals surface area contributed by atoms with Crippen LogP contribution in [0, 0.1) is 0 Å². The number of anilines is 1. The van der Waals surface area contributed by atoms with E-state index in [1.165, 1.54) is 23.1 Å². The minimum Gasteiger partial charge on any atom is -0.434 e. The molecule has 3 heterocycles. The van der Waals surface area contributed by atoms with Gasteiger partial charge in [-0.1, -0.05) is 24.3 Å². The fourth-order valence-electron chi connectivity index (χ4n) is 4.64. The third-order valence-corrected chi connectivity index (χ3v) is 6.29. The highest BCUT2D eigenvalue weighted by atomic mass is 19.4. The van der Waals surface area contributed by atoms with Crippen molar-refractivity contribution in [3.8, 4) is 0 Å². The quantitative estimate of drug-likeness (QED) is 0.427. The van der Waals surface area contributed by atoms with E-state index in [4.69, 9.17) is 0 Å². The highest BCUT2D eigenvalue weighted by molar-refractivity contribution is 5.97. The van der Waals surface area contributed by atoms with Gasteiger partial charge in [0.1, 0.15) is 23.9 Å². The van der Waals surface area contributed by atoms with E-state index < -0.39 is 60.0 Å². The number of alkyl halides is 3. The summed E-state index contributed by atoms with van der Waals surface area (Å²) in [5.74, 6) is -2.33. The van der Waals surface area contributed by atoms with Crippen LogP contribution in [0.4, 0.5) is 18.9 Å². The average Bonchev–Trinajstić information content (AvgIpc) is 3.10. The average molecular weight is 495 g/mol. The van der Waals surface area contributed by atoms with Crippen molar-refractivity contribution >= 4 is 29.3 Å². The van der Waals surface area contributed by atoms with Crippen LogP contribution in [0.2, 0.25) is 0 Å². The molecule has 1 aromatic carbocycles. The van der Waals surface area contributed by atoms with Crippen LogP contribution < -0.4 is 10.6 Å². The number of nitrogens with zero attached hydrogens (tertiary/aromatic N) is 1. The first-order chi connectivity index (χ1) is 16.5. The normalized spacial score (nSPS) is 29.2. The van der Waals surface area contributed by atoms with Crippen LogP contribution in [0.1, 0.15) is 37.7 Å². The van der Waals surface area contributed by atoms with Crippen molar-refractivity contribution in [2.45, 2.75) is 68.7 Å². The summed E-state index contributed by atoms with van der Waals surface area (Å²) in [5.41, 5.74) is -1.21. The molecule has 5 atom stereocenters. The number of halogens is 3. The molecule has 188 valence electrons. The number of Topliss-reactive ketones (excluding diaryl/α,β-unsaturated/α-hetero) is 1. The van der Waals surface area contributed by atoms with E-state index in [9.17, 15) is 37.5 Å². The molecule has 2 amide bonds. The molecule has 0 bridgehead atoms. The molecule has 9 nitrogen and oxygen atoms in total. The zero-order chi connectivity index (χ0) is 25.3. The third kappa shape index (κ3) is 5.31. The topological polar surface area (TPSA) is 125 Å². The van der Waals surface area contributed by atoms with Gasteiger partial charge in [-0.05, 0) is 25.0 Å². The van der Waals surface area contributed by atoms with Crippen molar-refractivity contribution in [3.05, 3.63) is 42.0 Å². The van der Waals surface area contributed by atoms with E-state index >= 15 is 0 Å². The number of aliphatic hydroxyl groups excluding tert-OH is 1. The number of esters is 1. The molecule has 3 aliphatic rings. The minimum atomic E-state index is -4.64. The predicted octanol–water partition coefficient (Wildman–Crippen LogP) is 1.51. The Kier molecular flexibility index (Phi) is 6.84. The number of piperidine rings is 1. The molecule has 3 aliphatic heterocycles. The molecule has 0 aromatic heterocycles. The maximum absolute atomic E-state index is 13.6. The van der Waals surface area contributed by atoms with Gasteiger partial charge in [0.25, 0.3) is 0 Å². The zero-order valence-corrected chi connectivity index (χ0v) is 18.5. The van der Waals surface area contributed by atoms with Gasteiger partial charge in [0.15, 0.2) is 0 Å². The second kappa shape index (κ2) is 9.68. The van der Waals surface area contributed by atoms with Crippen molar-refractivity contribution < 1.29 is 42.2 Å². The molecule has 2 unspecified atom stereocenters. The van der Waals surface area contributed by atoms with Crippen molar-refractivity contribution in [3.63, 3.8) is 0 Å². The van der Waals surface area contributed by atoms with Gasteiger partial charge in [-0.25, -0.2) is 0 Å². The number of hydrogen-bond donors (Lipinski definition) is 3. The van der Waals surface area contributed by atoms with Gasteiger partial charge in [-0.3, -0.25) is 19.2 Å². The summed E-state index contributed by atoms with van der Waals surface area (Å²) in [6.07, 6.45) is -3.01. The summed E-state index contributed by atoms with van der Waals surface area (Å²) in [7, 11) is 0. The van der Waals surface area contributed by atoms with E-state index in [1.807, 2.05) is 0 Å². The van der Waals surface area contributed by atoms with Gasteiger partial charge in [0.2, 0.25) is 18.1 Å². The number of aliphatic hydroxyl groups is 1. The predicted molar refractivity (Wildman–Crippen MR) is 115 cm³/mol. The Labute approximate surface area is 198 Å². The molecule has 0 aliphatic carbocycles. The molecule has 12 heteroatoms. The summed E-state index contributed by atoms with van der Waals surface area (Å²) >= 11 is 0. The fourth-order valence-corrected chi connectivity index (χ4v) is 4.64. The molecule has 3 N–H and O–H groups in total. The number of hydrogen-bond acceptors (Lipinski definition) is 7. The lowest BCUT2D eigenvalue weighted by atomic mass is 9.89. The lowest BCUT2D eigenvalue weighted by Crippen LogP contribution is -2.62. The van der Waals surface area contributed by atoms with E-state index in [1.54, 1.807) is 12.2 Å². The number of para-hydroxylation sites is 1. The molecule has 2 fully saturated rings. The molecule has 35 heavy (non-hydrogen) atoms. The number of fused-ring (bicyclic) bond motifs is 1. The van der Waals surface area contributed by atoms with Gasteiger partial charge in [0, 0.05) is 24.6 Å². The highest BCUT2D eigenvalue weighted by Crippen LogP contribution is 2.36. The van der Waals surface area contributed by atoms with Crippen LogP contribution in [0.5, 0.6) is 0 Å². The first-order valence-electron chi connectivity index (χ1n) is 11.1. The maximum atomic E-state index is 13.6. The zero-order valence-electron chi connectivity index (χ0n) is 18.5. The largest absolute Gasteiger partial charge is 0.434 e. The summed E-state index contributed by atoms with van der Waals surface area (Å²) in [6.45, 7) is 0. The number of amides is 2. The van der Waals surface area contributed by atoms with Crippen molar-refractivity contribution in [2.75, 3.05) is 5.32 Å². The molecule has 2 saturated heterocycles. The Morgan fingerprint density at radius 1 is 1.06 bits per heavy atom. The van der Waals surface area contributed by atoms with E-state index in [2.05, 4.69) is 15.4 Å². The Balaban J connectivity index is 1.61. The van der Waals surface area contributed by atoms with Crippen molar-refractivity contribution in [1.29, 1.82) is 0 Å². The number of nitrogens with one attached hydrogen (secondary N) is 2. The Hall–Kier alpha value is -3.41. The number of carbonyl (C=O) groups is 4. The third-order valence-electron chi connectivity index (χ3n) is 6.29. The summed E-state index contributed by atoms with van der Waals surface area (Å²) in [5, 5.41) is 15.0. The smallest absolute Gasteiger partial charge is 0.418 e. The second-order valence-corrected chi connectivity index (χ2v) is 8.74.